The molecule has 0 spiro atoms. The quantitative estimate of drug-likeness (QED) is 0.747. The second-order valence-electron chi connectivity index (χ2n) is 2.83. The molecular weight excluding hydrogens is 188 g/mol. The molecule has 1 rings (SSSR count). The molecule has 0 amide bonds. The van der Waals surface area contributed by atoms with Crippen LogP contribution in [0.2, 0.25) is 0 Å². The van der Waals surface area contributed by atoms with Crippen LogP contribution in [-0.2, 0) is 16.5 Å². The lowest BCUT2D eigenvalue weighted by Gasteiger charge is -2.06. The molecule has 13 heavy (non-hydrogen) atoms. The van der Waals surface area contributed by atoms with Gasteiger partial charge in [0.1, 0.15) is 0 Å². The maximum Gasteiger partial charge on any atom is 0.268 e. The molecule has 1 aromatic carbocycles. The third kappa shape index (κ3) is 3.16. The Morgan fingerprint density at radius 2 is 1.85 bits per heavy atom. The van der Waals surface area contributed by atoms with Gasteiger partial charge in [0.05, 0.1) is 5.25 Å². The van der Waals surface area contributed by atoms with E-state index in [1.807, 2.05) is 18.2 Å². The lowest BCUT2D eigenvalue weighted by atomic mass is 10.1. The van der Waals surface area contributed by atoms with Crippen molar-refractivity contribution >= 4 is 10.1 Å². The van der Waals surface area contributed by atoms with Gasteiger partial charge in [0, 0.05) is 0 Å². The summed E-state index contributed by atoms with van der Waals surface area (Å²) in [5.74, 6) is 0. The minimum atomic E-state index is -4.01. The summed E-state index contributed by atoms with van der Waals surface area (Å²) in [6.07, 6.45) is 0.236. The molecule has 0 aliphatic heterocycles. The van der Waals surface area contributed by atoms with Gasteiger partial charge in [-0.3, -0.25) is 4.55 Å². The Morgan fingerprint density at radius 1 is 1.31 bits per heavy atom. The van der Waals surface area contributed by atoms with Gasteiger partial charge in [-0.15, -0.1) is 0 Å². The summed E-state index contributed by atoms with van der Waals surface area (Å²) >= 11 is 0. The van der Waals surface area contributed by atoms with Crippen molar-refractivity contribution in [3.05, 3.63) is 42.8 Å². The van der Waals surface area contributed by atoms with Crippen molar-refractivity contribution in [2.75, 3.05) is 0 Å². The molecule has 0 saturated carbocycles. The van der Waals surface area contributed by atoms with Crippen LogP contribution in [-0.4, -0.2) is 18.2 Å². The van der Waals surface area contributed by atoms with Crippen molar-refractivity contribution in [2.24, 2.45) is 0 Å². The molecule has 1 radical (unpaired) electrons. The highest BCUT2D eigenvalue weighted by Gasteiger charge is 2.17. The minimum Gasteiger partial charge on any atom is -0.285 e. The van der Waals surface area contributed by atoms with Gasteiger partial charge in [-0.2, -0.15) is 8.42 Å². The third-order valence-corrected chi connectivity index (χ3v) is 2.74. The second-order valence-corrected chi connectivity index (χ2v) is 4.52. The summed E-state index contributed by atoms with van der Waals surface area (Å²) in [7, 11) is -4.01. The molecule has 4 heteroatoms. The van der Waals surface area contributed by atoms with E-state index in [0.717, 1.165) is 5.56 Å². The molecule has 0 saturated heterocycles. The largest absolute Gasteiger partial charge is 0.285 e. The zero-order valence-electron chi connectivity index (χ0n) is 7.05. The molecular formula is C9H11O3S. The summed E-state index contributed by atoms with van der Waals surface area (Å²) in [6, 6.07) is 9.06. The van der Waals surface area contributed by atoms with Crippen LogP contribution in [0.4, 0.5) is 0 Å². The first-order valence-electron chi connectivity index (χ1n) is 3.83. The first-order chi connectivity index (χ1) is 6.00. The van der Waals surface area contributed by atoms with Gasteiger partial charge < -0.3 is 0 Å². The predicted octanol–water partition coefficient (Wildman–Crippen LogP) is 1.32. The maximum atomic E-state index is 10.6. The van der Waals surface area contributed by atoms with Crippen LogP contribution in [0.25, 0.3) is 0 Å². The molecule has 0 aromatic heterocycles. The predicted molar refractivity (Wildman–Crippen MR) is 50.8 cm³/mol. The molecule has 0 aliphatic rings. The Morgan fingerprint density at radius 3 is 2.31 bits per heavy atom. The SMILES string of the molecule is [CH2]C(Cc1ccccc1)S(=O)(=O)O. The Labute approximate surface area is 78.2 Å². The highest BCUT2D eigenvalue weighted by molar-refractivity contribution is 7.86. The Hall–Kier alpha value is -0.870. The third-order valence-electron chi connectivity index (χ3n) is 1.73. The van der Waals surface area contributed by atoms with E-state index in [2.05, 4.69) is 6.92 Å². The van der Waals surface area contributed by atoms with Crippen molar-refractivity contribution in [1.29, 1.82) is 0 Å². The fourth-order valence-corrected chi connectivity index (χ4v) is 1.39. The number of benzene rings is 1. The Kier molecular flexibility index (Phi) is 3.06. The van der Waals surface area contributed by atoms with Gasteiger partial charge in [0.25, 0.3) is 10.1 Å². The van der Waals surface area contributed by atoms with Crippen molar-refractivity contribution in [3.8, 4) is 0 Å². The zero-order chi connectivity index (χ0) is 9.90. The molecule has 0 fully saturated rings. The summed E-state index contributed by atoms with van der Waals surface area (Å²) in [5.41, 5.74) is 0.847. The topological polar surface area (TPSA) is 54.4 Å². The van der Waals surface area contributed by atoms with Crippen LogP contribution in [0.3, 0.4) is 0 Å². The van der Waals surface area contributed by atoms with E-state index in [1.54, 1.807) is 12.1 Å². The maximum absolute atomic E-state index is 10.6. The first-order valence-corrected chi connectivity index (χ1v) is 5.34. The normalized spacial score (nSPS) is 14.0. The smallest absolute Gasteiger partial charge is 0.268 e. The van der Waals surface area contributed by atoms with Gasteiger partial charge >= 0.3 is 0 Å². The van der Waals surface area contributed by atoms with Crippen LogP contribution < -0.4 is 0 Å². The van der Waals surface area contributed by atoms with Gasteiger partial charge in [0.15, 0.2) is 0 Å². The summed E-state index contributed by atoms with van der Waals surface area (Å²) in [6.45, 7) is 3.37. The standard InChI is InChI=1S/C9H11O3S/c1-8(13(10,11)12)7-9-5-3-2-4-6-9/h2-6,8H,1,7H2,(H,10,11,12). The summed E-state index contributed by atoms with van der Waals surface area (Å²) < 4.78 is 29.9. The van der Waals surface area contributed by atoms with Gasteiger partial charge in [-0.1, -0.05) is 30.3 Å². The van der Waals surface area contributed by atoms with E-state index >= 15 is 0 Å². The highest BCUT2D eigenvalue weighted by Crippen LogP contribution is 2.07. The first kappa shape index (κ1) is 10.2. The van der Waals surface area contributed by atoms with Crippen molar-refractivity contribution in [3.63, 3.8) is 0 Å². The molecule has 1 N–H and O–H groups in total. The second kappa shape index (κ2) is 3.89. The molecule has 1 unspecified atom stereocenters. The highest BCUT2D eigenvalue weighted by atomic mass is 32.2. The van der Waals surface area contributed by atoms with Crippen LogP contribution in [0, 0.1) is 6.92 Å². The van der Waals surface area contributed by atoms with Gasteiger partial charge in [-0.05, 0) is 18.9 Å². The fraction of sp³-hybridized carbons (Fsp3) is 0.222. The Balaban J connectivity index is 2.72. The number of hydrogen-bond acceptors (Lipinski definition) is 2. The number of rotatable bonds is 3. The molecule has 3 nitrogen and oxygen atoms in total. The van der Waals surface area contributed by atoms with Crippen molar-refractivity contribution < 1.29 is 13.0 Å². The number of hydrogen-bond donors (Lipinski definition) is 1. The fourth-order valence-electron chi connectivity index (χ4n) is 0.982. The van der Waals surface area contributed by atoms with Crippen LogP contribution in [0.5, 0.6) is 0 Å². The van der Waals surface area contributed by atoms with E-state index in [4.69, 9.17) is 4.55 Å². The van der Waals surface area contributed by atoms with Crippen molar-refractivity contribution in [2.45, 2.75) is 11.7 Å². The molecule has 71 valence electrons. The van der Waals surface area contributed by atoms with E-state index in [0.29, 0.717) is 0 Å². The van der Waals surface area contributed by atoms with Crippen LogP contribution in [0.1, 0.15) is 5.56 Å². The van der Waals surface area contributed by atoms with Crippen LogP contribution >= 0.6 is 0 Å². The molecule has 0 bridgehead atoms. The molecule has 0 heterocycles. The minimum absolute atomic E-state index is 0.236. The Bertz CT molecular complexity index is 356. The van der Waals surface area contributed by atoms with E-state index < -0.39 is 15.4 Å². The van der Waals surface area contributed by atoms with E-state index in [1.165, 1.54) is 0 Å². The summed E-state index contributed by atoms with van der Waals surface area (Å²) in [5, 5.41) is -0.991. The molecule has 1 atom stereocenters. The van der Waals surface area contributed by atoms with Crippen molar-refractivity contribution in [1.82, 2.24) is 0 Å². The van der Waals surface area contributed by atoms with Gasteiger partial charge in [-0.25, -0.2) is 0 Å². The lowest BCUT2D eigenvalue weighted by molar-refractivity contribution is 0.474. The summed E-state index contributed by atoms with van der Waals surface area (Å²) in [4.78, 5) is 0. The van der Waals surface area contributed by atoms with Crippen LogP contribution in [0.15, 0.2) is 30.3 Å². The molecule has 1 aromatic rings. The average Bonchev–Trinajstić information content (AvgIpc) is 2.04. The lowest BCUT2D eigenvalue weighted by Crippen LogP contribution is -2.19. The van der Waals surface area contributed by atoms with Gasteiger partial charge in [0.2, 0.25) is 0 Å². The van der Waals surface area contributed by atoms with E-state index in [-0.39, 0.29) is 6.42 Å². The molecule has 0 aliphatic carbocycles. The zero-order valence-corrected chi connectivity index (χ0v) is 7.87. The van der Waals surface area contributed by atoms with E-state index in [9.17, 15) is 8.42 Å². The monoisotopic (exact) mass is 199 g/mol. The average molecular weight is 199 g/mol.